The molecule has 0 aliphatic carbocycles. The molecule has 0 bridgehead atoms. The van der Waals surface area contributed by atoms with Crippen molar-refractivity contribution in [1.82, 2.24) is 4.90 Å². The molecule has 5 heteroatoms. The van der Waals surface area contributed by atoms with Gasteiger partial charge in [-0.25, -0.2) is 0 Å². The summed E-state index contributed by atoms with van der Waals surface area (Å²) < 4.78 is 10.8. The Morgan fingerprint density at radius 1 is 0.923 bits per heavy atom. The van der Waals surface area contributed by atoms with Crippen molar-refractivity contribution >= 4 is 11.6 Å². The van der Waals surface area contributed by atoms with Gasteiger partial charge in [0, 0.05) is 31.9 Å². The number of ether oxygens (including phenoxy) is 2. The summed E-state index contributed by atoms with van der Waals surface area (Å²) in [5, 5.41) is 0. The normalized spacial score (nSPS) is 16.7. The van der Waals surface area contributed by atoms with E-state index in [4.69, 9.17) is 9.47 Å². The molecule has 0 spiro atoms. The number of piperazine rings is 1. The van der Waals surface area contributed by atoms with E-state index in [1.807, 2.05) is 43.0 Å². The number of hydrogen-bond acceptors (Lipinski definition) is 4. The molecule has 136 valence electrons. The predicted molar refractivity (Wildman–Crippen MR) is 101 cm³/mol. The largest absolute Gasteiger partial charge is 0.454 e. The molecule has 0 unspecified atom stereocenters. The van der Waals surface area contributed by atoms with Crippen LogP contribution in [-0.2, 0) is 10.2 Å². The minimum Gasteiger partial charge on any atom is -0.454 e. The third-order valence-corrected chi connectivity index (χ3v) is 5.32. The van der Waals surface area contributed by atoms with E-state index in [1.165, 1.54) is 5.69 Å². The van der Waals surface area contributed by atoms with Crippen molar-refractivity contribution < 1.29 is 14.3 Å². The maximum atomic E-state index is 13.2. The lowest BCUT2D eigenvalue weighted by Gasteiger charge is -2.39. The zero-order valence-electron chi connectivity index (χ0n) is 15.3. The molecule has 2 aliphatic rings. The van der Waals surface area contributed by atoms with Gasteiger partial charge in [0.2, 0.25) is 12.7 Å². The first-order valence-electron chi connectivity index (χ1n) is 9.05. The van der Waals surface area contributed by atoms with Gasteiger partial charge >= 0.3 is 0 Å². The fourth-order valence-corrected chi connectivity index (χ4v) is 3.61. The first-order chi connectivity index (χ1) is 12.6. The Morgan fingerprint density at radius 2 is 1.62 bits per heavy atom. The molecule has 26 heavy (non-hydrogen) atoms. The van der Waals surface area contributed by atoms with Crippen LogP contribution in [-0.4, -0.2) is 43.8 Å². The van der Waals surface area contributed by atoms with E-state index in [0.29, 0.717) is 0 Å². The summed E-state index contributed by atoms with van der Waals surface area (Å²) >= 11 is 0. The van der Waals surface area contributed by atoms with Crippen molar-refractivity contribution in [3.8, 4) is 11.5 Å². The first-order valence-corrected chi connectivity index (χ1v) is 9.05. The van der Waals surface area contributed by atoms with Gasteiger partial charge in [0.1, 0.15) is 0 Å². The van der Waals surface area contributed by atoms with Crippen molar-refractivity contribution in [2.75, 3.05) is 37.9 Å². The monoisotopic (exact) mass is 352 g/mol. The number of amides is 1. The lowest BCUT2D eigenvalue weighted by atomic mass is 9.82. The van der Waals surface area contributed by atoms with Gasteiger partial charge in [-0.05, 0) is 43.7 Å². The van der Waals surface area contributed by atoms with Crippen LogP contribution >= 0.6 is 0 Å². The fraction of sp³-hybridized carbons (Fsp3) is 0.381. The Kier molecular flexibility index (Phi) is 4.23. The van der Waals surface area contributed by atoms with Crippen LogP contribution < -0.4 is 14.4 Å². The van der Waals surface area contributed by atoms with Gasteiger partial charge < -0.3 is 19.3 Å². The topological polar surface area (TPSA) is 42.0 Å². The third kappa shape index (κ3) is 2.98. The minimum absolute atomic E-state index is 0.157. The van der Waals surface area contributed by atoms with Crippen molar-refractivity contribution in [2.24, 2.45) is 0 Å². The lowest BCUT2D eigenvalue weighted by Crippen LogP contribution is -2.53. The molecule has 0 saturated carbocycles. The molecule has 2 aromatic carbocycles. The Hall–Kier alpha value is -2.69. The van der Waals surface area contributed by atoms with E-state index in [0.717, 1.165) is 43.2 Å². The smallest absolute Gasteiger partial charge is 0.232 e. The van der Waals surface area contributed by atoms with E-state index >= 15 is 0 Å². The van der Waals surface area contributed by atoms with Gasteiger partial charge in [0.25, 0.3) is 0 Å². The molecule has 0 N–H and O–H groups in total. The second kappa shape index (κ2) is 6.56. The Bertz CT molecular complexity index is 796. The molecule has 1 amide bonds. The summed E-state index contributed by atoms with van der Waals surface area (Å²) in [4.78, 5) is 17.5. The van der Waals surface area contributed by atoms with Crippen LogP contribution in [0.25, 0.3) is 0 Å². The van der Waals surface area contributed by atoms with E-state index in [1.54, 1.807) is 0 Å². The summed E-state index contributed by atoms with van der Waals surface area (Å²) in [5.41, 5.74) is 1.57. The number of carbonyl (C=O) groups is 1. The molecule has 2 aromatic rings. The Morgan fingerprint density at radius 3 is 2.35 bits per heavy atom. The SMILES string of the molecule is CC(C)(C(=O)N1CCN(c2ccccc2)CC1)c1ccc2c(c1)OCO2. The molecule has 5 nitrogen and oxygen atoms in total. The van der Waals surface area contributed by atoms with E-state index in [9.17, 15) is 4.79 Å². The summed E-state index contributed by atoms with van der Waals surface area (Å²) in [5.74, 6) is 1.62. The number of carbonyl (C=O) groups excluding carboxylic acids is 1. The quantitative estimate of drug-likeness (QED) is 0.851. The average Bonchev–Trinajstić information content (AvgIpc) is 3.16. The molecule has 1 saturated heterocycles. The van der Waals surface area contributed by atoms with Crippen molar-refractivity contribution in [3.05, 3.63) is 54.1 Å². The molecule has 0 aromatic heterocycles. The van der Waals surface area contributed by atoms with Gasteiger partial charge in [0.05, 0.1) is 5.41 Å². The molecule has 2 aliphatic heterocycles. The fourth-order valence-electron chi connectivity index (χ4n) is 3.61. The zero-order chi connectivity index (χ0) is 18.1. The number of hydrogen-bond donors (Lipinski definition) is 0. The average molecular weight is 352 g/mol. The van der Waals surface area contributed by atoms with Gasteiger partial charge in [-0.2, -0.15) is 0 Å². The molecule has 0 radical (unpaired) electrons. The number of benzene rings is 2. The standard InChI is InChI=1S/C21H24N2O3/c1-21(2,16-8-9-18-19(14-16)26-15-25-18)20(24)23-12-10-22(11-13-23)17-6-4-3-5-7-17/h3-9,14H,10-13,15H2,1-2H3. The van der Waals surface area contributed by atoms with Crippen LogP contribution in [0.1, 0.15) is 19.4 Å². The number of nitrogens with zero attached hydrogens (tertiary/aromatic N) is 2. The highest BCUT2D eigenvalue weighted by Gasteiger charge is 2.36. The lowest BCUT2D eigenvalue weighted by molar-refractivity contribution is -0.136. The minimum atomic E-state index is -0.601. The highest BCUT2D eigenvalue weighted by atomic mass is 16.7. The summed E-state index contributed by atoms with van der Waals surface area (Å²) in [6.45, 7) is 7.39. The number of fused-ring (bicyclic) bond motifs is 1. The maximum absolute atomic E-state index is 13.2. The maximum Gasteiger partial charge on any atom is 0.232 e. The third-order valence-electron chi connectivity index (χ3n) is 5.32. The van der Waals surface area contributed by atoms with Gasteiger partial charge in [-0.3, -0.25) is 4.79 Å². The van der Waals surface area contributed by atoms with Crippen molar-refractivity contribution in [1.29, 1.82) is 0 Å². The van der Waals surface area contributed by atoms with E-state index in [2.05, 4.69) is 29.2 Å². The second-order valence-corrected chi connectivity index (χ2v) is 7.31. The van der Waals surface area contributed by atoms with Crippen LogP contribution in [0.5, 0.6) is 11.5 Å². The van der Waals surface area contributed by atoms with Gasteiger partial charge in [-0.1, -0.05) is 24.3 Å². The van der Waals surface area contributed by atoms with Crippen LogP contribution in [0.15, 0.2) is 48.5 Å². The second-order valence-electron chi connectivity index (χ2n) is 7.31. The summed E-state index contributed by atoms with van der Waals surface area (Å²) in [6.07, 6.45) is 0. The van der Waals surface area contributed by atoms with Gasteiger partial charge in [-0.15, -0.1) is 0 Å². The van der Waals surface area contributed by atoms with Crippen molar-refractivity contribution in [3.63, 3.8) is 0 Å². The molecular weight excluding hydrogens is 328 g/mol. The zero-order valence-corrected chi connectivity index (χ0v) is 15.3. The van der Waals surface area contributed by atoms with Crippen LogP contribution in [0.4, 0.5) is 5.69 Å². The molecule has 4 rings (SSSR count). The number of anilines is 1. The molecule has 1 fully saturated rings. The van der Waals surface area contributed by atoms with E-state index < -0.39 is 5.41 Å². The highest BCUT2D eigenvalue weighted by molar-refractivity contribution is 5.88. The number of para-hydroxylation sites is 1. The highest BCUT2D eigenvalue weighted by Crippen LogP contribution is 2.37. The van der Waals surface area contributed by atoms with Crippen LogP contribution in [0.2, 0.25) is 0 Å². The van der Waals surface area contributed by atoms with Crippen LogP contribution in [0.3, 0.4) is 0 Å². The van der Waals surface area contributed by atoms with Gasteiger partial charge in [0.15, 0.2) is 11.5 Å². The van der Waals surface area contributed by atoms with Crippen LogP contribution in [0, 0.1) is 0 Å². The number of rotatable bonds is 3. The molecular formula is C21H24N2O3. The first kappa shape index (κ1) is 16.8. The Labute approximate surface area is 154 Å². The summed E-state index contributed by atoms with van der Waals surface area (Å²) in [7, 11) is 0. The Balaban J connectivity index is 1.46. The summed E-state index contributed by atoms with van der Waals surface area (Å²) in [6, 6.07) is 16.1. The van der Waals surface area contributed by atoms with E-state index in [-0.39, 0.29) is 12.7 Å². The van der Waals surface area contributed by atoms with Crippen molar-refractivity contribution in [2.45, 2.75) is 19.3 Å². The predicted octanol–water partition coefficient (Wildman–Crippen LogP) is 3.04. The molecule has 2 heterocycles. The molecule has 0 atom stereocenters.